The molecule has 19 heavy (non-hydrogen) atoms. The molecule has 2 aliphatic rings. The van der Waals surface area contributed by atoms with Gasteiger partial charge in [-0.2, -0.15) is 0 Å². The predicted octanol–water partition coefficient (Wildman–Crippen LogP) is 0.130. The minimum Gasteiger partial charge on any atom is -0.341 e. The molecule has 0 aromatic carbocycles. The molecular weight excluding hydrogens is 244 g/mol. The topological polar surface area (TPSA) is 78.7 Å². The minimum absolute atomic E-state index is 0.0272. The number of hydrogen-bond acceptors (Lipinski definition) is 3. The maximum Gasteiger partial charge on any atom is 0.317 e. The van der Waals surface area contributed by atoms with Gasteiger partial charge in [0.15, 0.2) is 0 Å². The molecule has 0 aromatic heterocycles. The summed E-state index contributed by atoms with van der Waals surface area (Å²) in [5.74, 6) is 0.0272. The summed E-state index contributed by atoms with van der Waals surface area (Å²) in [4.78, 5) is 27.6. The highest BCUT2D eigenvalue weighted by Crippen LogP contribution is 2.20. The van der Waals surface area contributed by atoms with Gasteiger partial charge >= 0.3 is 6.03 Å². The molecule has 0 aromatic rings. The summed E-state index contributed by atoms with van der Waals surface area (Å²) in [6, 6.07) is 0.291. The van der Waals surface area contributed by atoms with Gasteiger partial charge in [0.2, 0.25) is 5.91 Å². The van der Waals surface area contributed by atoms with Crippen molar-refractivity contribution < 1.29 is 9.59 Å². The number of amides is 3. The molecule has 1 unspecified atom stereocenters. The van der Waals surface area contributed by atoms with E-state index in [1.54, 1.807) is 6.92 Å². The second kappa shape index (κ2) is 5.36. The Morgan fingerprint density at radius 1 is 1.42 bits per heavy atom. The van der Waals surface area contributed by atoms with E-state index in [0.717, 1.165) is 25.9 Å². The molecule has 6 heteroatoms. The third kappa shape index (κ3) is 2.83. The fourth-order valence-corrected chi connectivity index (χ4v) is 2.73. The lowest BCUT2D eigenvalue weighted by atomic mass is 9.95. The van der Waals surface area contributed by atoms with Crippen molar-refractivity contribution in [2.45, 2.75) is 44.7 Å². The first-order valence-corrected chi connectivity index (χ1v) is 7.08. The summed E-state index contributed by atoms with van der Waals surface area (Å²) >= 11 is 0. The Morgan fingerprint density at radius 3 is 2.53 bits per heavy atom. The van der Waals surface area contributed by atoms with Gasteiger partial charge in [0.1, 0.15) is 0 Å². The van der Waals surface area contributed by atoms with Gasteiger partial charge in [0.25, 0.3) is 0 Å². The summed E-state index contributed by atoms with van der Waals surface area (Å²) in [6.07, 6.45) is 2.33. The largest absolute Gasteiger partial charge is 0.341 e. The molecule has 108 valence electrons. The summed E-state index contributed by atoms with van der Waals surface area (Å²) in [7, 11) is 0. The molecule has 2 aliphatic heterocycles. The second-order valence-electron chi connectivity index (χ2n) is 5.72. The molecule has 0 saturated carbocycles. The summed E-state index contributed by atoms with van der Waals surface area (Å²) in [6.45, 7) is 6.62. The van der Waals surface area contributed by atoms with Crippen molar-refractivity contribution in [3.63, 3.8) is 0 Å². The molecule has 0 spiro atoms. The lowest BCUT2D eigenvalue weighted by molar-refractivity contribution is -0.137. The molecular formula is C13H24N4O2. The summed E-state index contributed by atoms with van der Waals surface area (Å²) < 4.78 is 0. The van der Waals surface area contributed by atoms with Crippen molar-refractivity contribution in [1.29, 1.82) is 0 Å². The molecule has 0 radical (unpaired) electrons. The maximum atomic E-state index is 12.3. The van der Waals surface area contributed by atoms with E-state index in [1.807, 2.05) is 16.7 Å². The van der Waals surface area contributed by atoms with Gasteiger partial charge in [-0.15, -0.1) is 0 Å². The van der Waals surface area contributed by atoms with E-state index in [2.05, 4.69) is 5.32 Å². The first kappa shape index (κ1) is 14.1. The number of nitrogens with two attached hydrogens (primary N) is 1. The standard InChI is InChI=1S/C13H24N4O2/c1-3-13(2,14)11(18)16-7-4-10(5-8-16)17-9-6-15-12(17)19/h10H,3-9,14H2,1-2H3,(H,15,19). The van der Waals surface area contributed by atoms with Crippen LogP contribution in [0, 0.1) is 0 Å². The van der Waals surface area contributed by atoms with Crippen molar-refractivity contribution in [2.75, 3.05) is 26.2 Å². The number of carbonyl (C=O) groups is 2. The number of rotatable bonds is 3. The lowest BCUT2D eigenvalue weighted by Crippen LogP contribution is -2.56. The van der Waals surface area contributed by atoms with Crippen molar-refractivity contribution in [3.05, 3.63) is 0 Å². The molecule has 2 fully saturated rings. The van der Waals surface area contributed by atoms with Crippen LogP contribution in [0.25, 0.3) is 0 Å². The third-order valence-corrected chi connectivity index (χ3v) is 4.31. The Bertz CT molecular complexity index is 362. The van der Waals surface area contributed by atoms with Crippen LogP contribution in [0.3, 0.4) is 0 Å². The van der Waals surface area contributed by atoms with Crippen LogP contribution in [0.4, 0.5) is 4.79 Å². The number of piperidine rings is 1. The van der Waals surface area contributed by atoms with Crippen LogP contribution >= 0.6 is 0 Å². The average molecular weight is 268 g/mol. The molecule has 0 bridgehead atoms. The van der Waals surface area contributed by atoms with E-state index in [1.165, 1.54) is 0 Å². The van der Waals surface area contributed by atoms with Crippen molar-refractivity contribution in [3.8, 4) is 0 Å². The molecule has 2 saturated heterocycles. The number of nitrogens with zero attached hydrogens (tertiary/aromatic N) is 2. The number of carbonyl (C=O) groups excluding carboxylic acids is 2. The highest BCUT2D eigenvalue weighted by atomic mass is 16.2. The highest BCUT2D eigenvalue weighted by Gasteiger charge is 2.36. The van der Waals surface area contributed by atoms with E-state index >= 15 is 0 Å². The zero-order valence-corrected chi connectivity index (χ0v) is 11.8. The molecule has 2 rings (SSSR count). The first-order valence-electron chi connectivity index (χ1n) is 7.08. The van der Waals surface area contributed by atoms with Crippen molar-refractivity contribution in [2.24, 2.45) is 5.73 Å². The molecule has 3 N–H and O–H groups in total. The second-order valence-corrected chi connectivity index (χ2v) is 5.72. The van der Waals surface area contributed by atoms with E-state index in [-0.39, 0.29) is 18.0 Å². The van der Waals surface area contributed by atoms with E-state index < -0.39 is 5.54 Å². The molecule has 2 heterocycles. The van der Waals surface area contributed by atoms with Gasteiger partial charge in [-0.1, -0.05) is 6.92 Å². The van der Waals surface area contributed by atoms with E-state index in [0.29, 0.717) is 19.5 Å². The molecule has 0 aliphatic carbocycles. The Hall–Kier alpha value is -1.30. The SMILES string of the molecule is CCC(C)(N)C(=O)N1CCC(N2CCNC2=O)CC1. The Labute approximate surface area is 114 Å². The molecule has 1 atom stereocenters. The number of urea groups is 1. The quantitative estimate of drug-likeness (QED) is 0.763. The maximum absolute atomic E-state index is 12.3. The van der Waals surface area contributed by atoms with Crippen LogP contribution in [0.2, 0.25) is 0 Å². The van der Waals surface area contributed by atoms with Crippen molar-refractivity contribution >= 4 is 11.9 Å². The first-order chi connectivity index (χ1) is 8.95. The predicted molar refractivity (Wildman–Crippen MR) is 72.6 cm³/mol. The van der Waals surface area contributed by atoms with Crippen LogP contribution in [-0.2, 0) is 4.79 Å². The van der Waals surface area contributed by atoms with Gasteiger partial charge in [-0.05, 0) is 26.2 Å². The number of hydrogen-bond donors (Lipinski definition) is 2. The van der Waals surface area contributed by atoms with Crippen molar-refractivity contribution in [1.82, 2.24) is 15.1 Å². The Morgan fingerprint density at radius 2 is 2.05 bits per heavy atom. The third-order valence-electron chi connectivity index (χ3n) is 4.31. The Kier molecular flexibility index (Phi) is 3.99. The Balaban J connectivity index is 1.89. The van der Waals surface area contributed by atoms with Gasteiger partial charge in [-0.25, -0.2) is 4.79 Å². The fraction of sp³-hybridized carbons (Fsp3) is 0.846. The zero-order chi connectivity index (χ0) is 14.0. The zero-order valence-electron chi connectivity index (χ0n) is 11.8. The highest BCUT2D eigenvalue weighted by molar-refractivity contribution is 5.85. The van der Waals surface area contributed by atoms with E-state index in [9.17, 15) is 9.59 Å². The van der Waals surface area contributed by atoms with Crippen LogP contribution < -0.4 is 11.1 Å². The lowest BCUT2D eigenvalue weighted by Gasteiger charge is -2.39. The number of likely N-dealkylation sites (tertiary alicyclic amines) is 1. The normalized spacial score (nSPS) is 24.3. The summed E-state index contributed by atoms with van der Waals surface area (Å²) in [5, 5.41) is 2.82. The molecule has 6 nitrogen and oxygen atoms in total. The van der Waals surface area contributed by atoms with Gasteiger partial charge in [0, 0.05) is 32.2 Å². The smallest absolute Gasteiger partial charge is 0.317 e. The van der Waals surface area contributed by atoms with Crippen LogP contribution in [-0.4, -0.2) is 59.5 Å². The van der Waals surface area contributed by atoms with Gasteiger partial charge in [0.05, 0.1) is 5.54 Å². The summed E-state index contributed by atoms with van der Waals surface area (Å²) in [5.41, 5.74) is 5.24. The van der Waals surface area contributed by atoms with E-state index in [4.69, 9.17) is 5.73 Å². The van der Waals surface area contributed by atoms with Crippen LogP contribution in [0.15, 0.2) is 0 Å². The monoisotopic (exact) mass is 268 g/mol. The molecule has 3 amide bonds. The van der Waals surface area contributed by atoms with Crippen LogP contribution in [0.1, 0.15) is 33.1 Å². The fourth-order valence-electron chi connectivity index (χ4n) is 2.73. The van der Waals surface area contributed by atoms with Gasteiger partial charge < -0.3 is 20.9 Å². The minimum atomic E-state index is -0.766. The number of nitrogens with one attached hydrogen (secondary N) is 1. The van der Waals surface area contributed by atoms with Crippen LogP contribution in [0.5, 0.6) is 0 Å². The van der Waals surface area contributed by atoms with Gasteiger partial charge in [-0.3, -0.25) is 4.79 Å². The average Bonchev–Trinajstić information content (AvgIpc) is 2.84.